The lowest BCUT2D eigenvalue weighted by Crippen LogP contribution is -2.29. The lowest BCUT2D eigenvalue weighted by molar-refractivity contribution is -0.162. The second-order valence-electron chi connectivity index (χ2n) is 17.4. The first-order chi connectivity index (χ1) is 30.6. The lowest BCUT2D eigenvalue weighted by atomic mass is 10.0. The molecule has 0 N–H and O–H groups in total. The highest BCUT2D eigenvalue weighted by Crippen LogP contribution is 2.15. The van der Waals surface area contributed by atoms with Gasteiger partial charge in [-0.05, 0) is 70.6 Å². The number of rotatable bonds is 48. The summed E-state index contributed by atoms with van der Waals surface area (Å²) in [6.07, 6.45) is 67.9. The summed E-state index contributed by atoms with van der Waals surface area (Å²) >= 11 is 0. The predicted octanol–water partition coefficient (Wildman–Crippen LogP) is 17.9. The highest BCUT2D eigenvalue weighted by Gasteiger charge is 2.17. The largest absolute Gasteiger partial charge is 0.462 e. The van der Waals surface area contributed by atoms with Crippen molar-refractivity contribution in [2.24, 2.45) is 0 Å². The number of carbonyl (C=O) groups excluding carboxylic acids is 2. The van der Waals surface area contributed by atoms with Gasteiger partial charge in [-0.15, -0.1) is 0 Å². The van der Waals surface area contributed by atoms with Crippen molar-refractivity contribution < 1.29 is 23.8 Å². The van der Waals surface area contributed by atoms with Crippen LogP contribution < -0.4 is 0 Å². The van der Waals surface area contributed by atoms with Crippen molar-refractivity contribution in [1.29, 1.82) is 0 Å². The average Bonchev–Trinajstić information content (AvgIpc) is 3.27. The maximum absolute atomic E-state index is 12.7. The van der Waals surface area contributed by atoms with Gasteiger partial charge in [0.2, 0.25) is 0 Å². The van der Waals surface area contributed by atoms with Crippen LogP contribution in [0, 0.1) is 0 Å². The van der Waals surface area contributed by atoms with Crippen LogP contribution in [0.2, 0.25) is 0 Å². The predicted molar refractivity (Wildman–Crippen MR) is 270 cm³/mol. The van der Waals surface area contributed by atoms with E-state index in [9.17, 15) is 9.59 Å². The number of hydrogen-bond donors (Lipinski definition) is 0. The summed E-state index contributed by atoms with van der Waals surface area (Å²) < 4.78 is 17.3. The number of esters is 2. The fourth-order valence-corrected chi connectivity index (χ4v) is 7.35. The van der Waals surface area contributed by atoms with Crippen molar-refractivity contribution in [3.05, 3.63) is 72.9 Å². The molecule has 0 aliphatic rings. The van der Waals surface area contributed by atoms with Crippen LogP contribution in [0.5, 0.6) is 0 Å². The van der Waals surface area contributed by atoms with Gasteiger partial charge in [-0.25, -0.2) is 0 Å². The minimum atomic E-state index is -0.591. The third-order valence-electron chi connectivity index (χ3n) is 11.3. The molecule has 0 aliphatic heterocycles. The maximum atomic E-state index is 12.7. The molecule has 358 valence electrons. The van der Waals surface area contributed by atoms with Crippen molar-refractivity contribution in [3.8, 4) is 0 Å². The fourth-order valence-electron chi connectivity index (χ4n) is 7.35. The molecule has 0 aromatic heterocycles. The Labute approximate surface area is 385 Å². The number of hydrogen-bond acceptors (Lipinski definition) is 5. The summed E-state index contributed by atoms with van der Waals surface area (Å²) in [6.45, 7) is 7.62. The Kier molecular flexibility index (Phi) is 50.4. The van der Waals surface area contributed by atoms with Gasteiger partial charge in [0.05, 0.1) is 13.0 Å². The minimum Gasteiger partial charge on any atom is -0.462 e. The summed E-state index contributed by atoms with van der Waals surface area (Å²) in [5.74, 6) is -0.541. The fraction of sp³-hybridized carbons (Fsp3) is 0.754. The van der Waals surface area contributed by atoms with Crippen LogP contribution in [0.3, 0.4) is 0 Å². The smallest absolute Gasteiger partial charge is 0.310 e. The van der Waals surface area contributed by atoms with Crippen LogP contribution in [0.25, 0.3) is 0 Å². The molecule has 0 radical (unpaired) electrons. The molecule has 0 saturated heterocycles. The Bertz CT molecular complexity index is 1110. The second-order valence-corrected chi connectivity index (χ2v) is 17.4. The Morgan fingerprint density at radius 2 is 0.774 bits per heavy atom. The molecule has 0 heterocycles. The van der Waals surface area contributed by atoms with Crippen molar-refractivity contribution in [3.63, 3.8) is 0 Å². The molecule has 0 aliphatic carbocycles. The van der Waals surface area contributed by atoms with Crippen molar-refractivity contribution in [2.45, 2.75) is 258 Å². The van der Waals surface area contributed by atoms with Crippen molar-refractivity contribution in [1.82, 2.24) is 0 Å². The first kappa shape index (κ1) is 59.3. The summed E-state index contributed by atoms with van der Waals surface area (Å²) in [7, 11) is 0. The number of unbranched alkanes of at least 4 members (excludes halogenated alkanes) is 26. The molecule has 0 amide bonds. The zero-order valence-corrected chi connectivity index (χ0v) is 41.1. The summed E-state index contributed by atoms with van der Waals surface area (Å²) in [4.78, 5) is 25.3. The number of carbonyl (C=O) groups is 2. The van der Waals surface area contributed by atoms with Crippen LogP contribution in [0.4, 0.5) is 0 Å². The van der Waals surface area contributed by atoms with Gasteiger partial charge in [-0.3, -0.25) is 9.59 Å². The first-order valence-corrected chi connectivity index (χ1v) is 26.5. The Hall–Kier alpha value is -2.66. The van der Waals surface area contributed by atoms with Gasteiger partial charge in [-0.2, -0.15) is 0 Å². The standard InChI is InChI=1S/C57H100O5/c1-4-7-10-13-16-19-22-25-28-29-31-32-35-38-41-44-47-50-56(58)61-54-55(53-60-52-49-46-43-40-37-34-27-24-21-18-15-12-9-6-3)62-57(59)51-48-45-42-39-36-33-30-26-23-20-17-14-11-8-5-2/h8,11,17,20,25-26,28,30,36,39,45,48,55H,4-7,9-10,12-16,18-19,21-24,27,29,31-35,37-38,40-44,46-47,49-54H2,1-3H3/b11-8-,20-17-,28-25-,30-26-,39-36-,48-45-. The second kappa shape index (κ2) is 52.7. The molecule has 0 rings (SSSR count). The van der Waals surface area contributed by atoms with Crippen LogP contribution in [-0.2, 0) is 23.8 Å². The Balaban J connectivity index is 4.37. The molecule has 1 unspecified atom stereocenters. The van der Waals surface area contributed by atoms with Crippen molar-refractivity contribution >= 4 is 11.9 Å². The Morgan fingerprint density at radius 1 is 0.387 bits per heavy atom. The van der Waals surface area contributed by atoms with Crippen LogP contribution in [0.1, 0.15) is 252 Å². The van der Waals surface area contributed by atoms with E-state index in [1.165, 1.54) is 154 Å². The van der Waals surface area contributed by atoms with E-state index >= 15 is 0 Å². The van der Waals surface area contributed by atoms with E-state index in [1.54, 1.807) is 0 Å². The monoisotopic (exact) mass is 865 g/mol. The Morgan fingerprint density at radius 3 is 1.23 bits per heavy atom. The van der Waals surface area contributed by atoms with E-state index in [0.29, 0.717) is 13.0 Å². The molecule has 0 aromatic rings. The quantitative estimate of drug-likeness (QED) is 0.0346. The third kappa shape index (κ3) is 50.0. The van der Waals surface area contributed by atoms with Gasteiger partial charge < -0.3 is 14.2 Å². The average molecular weight is 865 g/mol. The van der Waals surface area contributed by atoms with E-state index in [0.717, 1.165) is 64.2 Å². The molecule has 0 saturated carbocycles. The SMILES string of the molecule is CC/C=C\C/C=C\C/C=C\C/C=C\C/C=C\CC(=O)OC(COCCCCCCCCCCCCCCCC)COC(=O)CCCCCCCCC/C=C\CCCCCCCC. The van der Waals surface area contributed by atoms with E-state index in [-0.39, 0.29) is 31.6 Å². The van der Waals surface area contributed by atoms with E-state index in [4.69, 9.17) is 14.2 Å². The molecule has 62 heavy (non-hydrogen) atoms. The zero-order chi connectivity index (χ0) is 44.9. The van der Waals surface area contributed by atoms with Gasteiger partial charge in [0, 0.05) is 13.0 Å². The molecular formula is C57H100O5. The normalized spacial score (nSPS) is 12.8. The van der Waals surface area contributed by atoms with Crippen molar-refractivity contribution in [2.75, 3.05) is 19.8 Å². The highest BCUT2D eigenvalue weighted by molar-refractivity contribution is 5.71. The van der Waals surface area contributed by atoms with E-state index in [1.807, 2.05) is 12.2 Å². The molecule has 0 aromatic carbocycles. The summed E-state index contributed by atoms with van der Waals surface area (Å²) in [5, 5.41) is 0. The van der Waals surface area contributed by atoms with Gasteiger partial charge in [0.25, 0.3) is 0 Å². The van der Waals surface area contributed by atoms with Crippen LogP contribution >= 0.6 is 0 Å². The van der Waals surface area contributed by atoms with Gasteiger partial charge >= 0.3 is 11.9 Å². The first-order valence-electron chi connectivity index (χ1n) is 26.5. The molecule has 1 atom stereocenters. The highest BCUT2D eigenvalue weighted by atomic mass is 16.6. The third-order valence-corrected chi connectivity index (χ3v) is 11.3. The molecule has 0 fully saturated rings. The topological polar surface area (TPSA) is 61.8 Å². The van der Waals surface area contributed by atoms with Crippen LogP contribution in [-0.4, -0.2) is 37.9 Å². The van der Waals surface area contributed by atoms with E-state index in [2.05, 4.69) is 81.5 Å². The maximum Gasteiger partial charge on any atom is 0.310 e. The van der Waals surface area contributed by atoms with Gasteiger partial charge in [0.15, 0.2) is 6.10 Å². The molecule has 5 heteroatoms. The van der Waals surface area contributed by atoms with Gasteiger partial charge in [0.1, 0.15) is 6.61 Å². The molecule has 0 bridgehead atoms. The number of allylic oxidation sites excluding steroid dienone is 11. The number of ether oxygens (including phenoxy) is 3. The minimum absolute atomic E-state index is 0.0440. The molecule has 0 spiro atoms. The van der Waals surface area contributed by atoms with Crippen LogP contribution in [0.15, 0.2) is 72.9 Å². The van der Waals surface area contributed by atoms with E-state index < -0.39 is 6.10 Å². The van der Waals surface area contributed by atoms with Gasteiger partial charge in [-0.1, -0.05) is 241 Å². The molecule has 5 nitrogen and oxygen atoms in total. The summed E-state index contributed by atoms with van der Waals surface area (Å²) in [6, 6.07) is 0. The summed E-state index contributed by atoms with van der Waals surface area (Å²) in [5.41, 5.74) is 0. The molecular weight excluding hydrogens is 765 g/mol. The lowest BCUT2D eigenvalue weighted by Gasteiger charge is -2.18. The zero-order valence-electron chi connectivity index (χ0n) is 41.1.